The molecule has 0 atom stereocenters. The molecule has 0 saturated carbocycles. The number of carbonyl (C=O) groups excluding carboxylic acids is 2. The van der Waals surface area contributed by atoms with E-state index in [4.69, 9.17) is 5.73 Å². The molecule has 0 radical (unpaired) electrons. The number of nitrogen functional groups attached to an aromatic ring is 1. The maximum atomic E-state index is 12.6. The average molecular weight is 408 g/mol. The summed E-state index contributed by atoms with van der Waals surface area (Å²) in [7, 11) is 0. The second-order valence-corrected chi connectivity index (χ2v) is 7.10. The van der Waals surface area contributed by atoms with Crippen LogP contribution in [0.15, 0.2) is 52.6 Å². The van der Waals surface area contributed by atoms with Crippen molar-refractivity contribution in [1.29, 1.82) is 0 Å². The summed E-state index contributed by atoms with van der Waals surface area (Å²) in [6.07, 6.45) is 0. The van der Waals surface area contributed by atoms with Gasteiger partial charge in [-0.2, -0.15) is 0 Å². The van der Waals surface area contributed by atoms with Crippen LogP contribution in [0.4, 0.5) is 11.6 Å². The molecule has 0 spiro atoms. The molecule has 29 heavy (non-hydrogen) atoms. The van der Waals surface area contributed by atoms with Crippen LogP contribution < -0.4 is 21.2 Å². The van der Waals surface area contributed by atoms with Gasteiger partial charge in [-0.3, -0.25) is 14.4 Å². The molecule has 0 aliphatic carbocycles. The SMILES string of the molecule is Nc1nc2ccc(C(=O)Nc3cccc(CNC(=O)c4csc(=O)[nH]4)c3)cc2[nH]1. The van der Waals surface area contributed by atoms with Gasteiger partial charge in [0.05, 0.1) is 11.0 Å². The Balaban J connectivity index is 1.43. The Morgan fingerprint density at radius 1 is 1.10 bits per heavy atom. The van der Waals surface area contributed by atoms with E-state index in [9.17, 15) is 14.4 Å². The number of anilines is 2. The number of benzene rings is 2. The maximum Gasteiger partial charge on any atom is 0.305 e. The Labute approximate surface area is 168 Å². The van der Waals surface area contributed by atoms with Crippen molar-refractivity contribution in [2.75, 3.05) is 11.1 Å². The third-order valence-electron chi connectivity index (χ3n) is 4.17. The number of carbonyl (C=O) groups is 2. The minimum absolute atomic E-state index is 0.222. The topological polar surface area (TPSA) is 146 Å². The molecule has 4 aromatic rings. The van der Waals surface area contributed by atoms with Crippen molar-refractivity contribution in [1.82, 2.24) is 20.3 Å². The van der Waals surface area contributed by atoms with E-state index in [2.05, 4.69) is 25.6 Å². The van der Waals surface area contributed by atoms with Gasteiger partial charge < -0.3 is 26.3 Å². The van der Waals surface area contributed by atoms with E-state index >= 15 is 0 Å². The van der Waals surface area contributed by atoms with Crippen LogP contribution in [0, 0.1) is 0 Å². The third-order valence-corrected chi connectivity index (χ3v) is 4.84. The van der Waals surface area contributed by atoms with Crippen LogP contribution in [0.25, 0.3) is 11.0 Å². The first-order valence-electron chi connectivity index (χ1n) is 8.59. The number of thiazole rings is 1. The molecule has 0 bridgehead atoms. The molecule has 9 nitrogen and oxygen atoms in total. The largest absolute Gasteiger partial charge is 0.369 e. The van der Waals surface area contributed by atoms with Gasteiger partial charge in [0.15, 0.2) is 5.95 Å². The number of imidazole rings is 1. The Kier molecular flexibility index (Phi) is 4.83. The lowest BCUT2D eigenvalue weighted by Gasteiger charge is -2.08. The lowest BCUT2D eigenvalue weighted by molar-refractivity contribution is 0.0945. The Bertz CT molecular complexity index is 1270. The highest BCUT2D eigenvalue weighted by atomic mass is 32.1. The highest BCUT2D eigenvalue weighted by Crippen LogP contribution is 2.17. The number of nitrogens with two attached hydrogens (primary N) is 1. The van der Waals surface area contributed by atoms with Crippen molar-refractivity contribution in [3.05, 3.63) is 74.3 Å². The number of amides is 2. The summed E-state index contributed by atoms with van der Waals surface area (Å²) >= 11 is 0.931. The van der Waals surface area contributed by atoms with Crippen molar-refractivity contribution in [2.45, 2.75) is 6.54 Å². The quantitative estimate of drug-likeness (QED) is 0.343. The molecular weight excluding hydrogens is 392 g/mol. The fourth-order valence-corrected chi connectivity index (χ4v) is 3.36. The number of nitrogens with one attached hydrogen (secondary N) is 4. The van der Waals surface area contributed by atoms with Crippen LogP contribution in [0.2, 0.25) is 0 Å². The Morgan fingerprint density at radius 3 is 2.76 bits per heavy atom. The molecule has 0 saturated heterocycles. The Hall–Kier alpha value is -3.92. The van der Waals surface area contributed by atoms with Crippen molar-refractivity contribution >= 4 is 45.8 Å². The normalized spacial score (nSPS) is 10.8. The standard InChI is InChI=1S/C19H16N6O3S/c20-18-23-13-5-4-11(7-14(13)24-18)16(26)22-12-3-1-2-10(6-12)8-21-17(27)15-9-29-19(28)25-15/h1-7,9H,8H2,(H,21,27)(H,22,26)(H,25,28)(H3,20,23,24). The van der Waals surface area contributed by atoms with Gasteiger partial charge in [0.2, 0.25) is 0 Å². The van der Waals surface area contributed by atoms with Crippen molar-refractivity contribution in [2.24, 2.45) is 0 Å². The summed E-state index contributed by atoms with van der Waals surface area (Å²) in [5.74, 6) is -0.360. The van der Waals surface area contributed by atoms with E-state index in [1.165, 1.54) is 5.38 Å². The smallest absolute Gasteiger partial charge is 0.305 e. The van der Waals surface area contributed by atoms with Gasteiger partial charge >= 0.3 is 4.87 Å². The van der Waals surface area contributed by atoms with Crippen molar-refractivity contribution in [3.8, 4) is 0 Å². The van der Waals surface area contributed by atoms with Crippen molar-refractivity contribution in [3.63, 3.8) is 0 Å². The van der Waals surface area contributed by atoms with Crippen LogP contribution in [-0.4, -0.2) is 26.8 Å². The van der Waals surface area contributed by atoms with E-state index in [0.29, 0.717) is 28.2 Å². The van der Waals surface area contributed by atoms with Crippen LogP contribution in [-0.2, 0) is 6.54 Å². The molecule has 2 aromatic carbocycles. The zero-order chi connectivity index (χ0) is 20.4. The fourth-order valence-electron chi connectivity index (χ4n) is 2.80. The van der Waals surface area contributed by atoms with E-state index in [1.807, 2.05) is 6.07 Å². The van der Waals surface area contributed by atoms with Gasteiger partial charge in [-0.05, 0) is 35.9 Å². The second kappa shape index (κ2) is 7.60. The molecule has 0 fully saturated rings. The van der Waals surface area contributed by atoms with Gasteiger partial charge in [-0.15, -0.1) is 0 Å². The van der Waals surface area contributed by atoms with Gasteiger partial charge in [0.25, 0.3) is 11.8 Å². The predicted octanol–water partition coefficient (Wildman–Crippen LogP) is 2.08. The van der Waals surface area contributed by atoms with Crippen molar-refractivity contribution < 1.29 is 9.59 Å². The lowest BCUT2D eigenvalue weighted by Crippen LogP contribution is -2.23. The molecule has 0 aliphatic rings. The average Bonchev–Trinajstić information content (AvgIpc) is 3.30. The summed E-state index contributed by atoms with van der Waals surface area (Å²) in [6.45, 7) is 0.250. The summed E-state index contributed by atoms with van der Waals surface area (Å²) in [4.78, 5) is 44.9. The monoisotopic (exact) mass is 408 g/mol. The maximum absolute atomic E-state index is 12.6. The van der Waals surface area contributed by atoms with Gasteiger partial charge in [0, 0.05) is 23.2 Å². The van der Waals surface area contributed by atoms with E-state index < -0.39 is 0 Å². The highest BCUT2D eigenvalue weighted by molar-refractivity contribution is 7.07. The van der Waals surface area contributed by atoms with E-state index in [0.717, 1.165) is 16.9 Å². The predicted molar refractivity (Wildman–Crippen MR) is 111 cm³/mol. The molecule has 4 rings (SSSR count). The number of hydrogen-bond donors (Lipinski definition) is 5. The lowest BCUT2D eigenvalue weighted by atomic mass is 10.1. The number of H-pyrrole nitrogens is 2. The summed E-state index contributed by atoms with van der Waals surface area (Å²) < 4.78 is 0. The molecule has 10 heteroatoms. The molecule has 2 amide bonds. The summed E-state index contributed by atoms with van der Waals surface area (Å²) in [5.41, 5.74) is 9.06. The molecule has 6 N–H and O–H groups in total. The zero-order valence-corrected chi connectivity index (χ0v) is 15.8. The second-order valence-electron chi connectivity index (χ2n) is 6.25. The number of hydrogen-bond acceptors (Lipinski definition) is 6. The number of rotatable bonds is 5. The molecule has 0 aliphatic heterocycles. The van der Waals surface area contributed by atoms with Gasteiger partial charge in [0.1, 0.15) is 5.69 Å². The highest BCUT2D eigenvalue weighted by Gasteiger charge is 2.10. The van der Waals surface area contributed by atoms with Crippen LogP contribution in [0.1, 0.15) is 26.4 Å². The van der Waals surface area contributed by atoms with Crippen LogP contribution in [0.5, 0.6) is 0 Å². The molecule has 0 unspecified atom stereocenters. The number of fused-ring (bicyclic) bond motifs is 1. The van der Waals surface area contributed by atoms with E-state index in [-0.39, 0.29) is 28.9 Å². The third kappa shape index (κ3) is 4.17. The molecule has 2 heterocycles. The molecule has 146 valence electrons. The fraction of sp³-hybridized carbons (Fsp3) is 0.0526. The first kappa shape index (κ1) is 18.4. The summed E-state index contributed by atoms with van der Waals surface area (Å²) in [5, 5.41) is 7.03. The minimum Gasteiger partial charge on any atom is -0.369 e. The van der Waals surface area contributed by atoms with Gasteiger partial charge in [-0.25, -0.2) is 4.98 Å². The number of aromatic nitrogens is 3. The zero-order valence-electron chi connectivity index (χ0n) is 15.0. The van der Waals surface area contributed by atoms with E-state index in [1.54, 1.807) is 36.4 Å². The summed E-state index contributed by atoms with van der Waals surface area (Å²) in [6, 6.07) is 12.2. The number of aromatic amines is 2. The Morgan fingerprint density at radius 2 is 1.97 bits per heavy atom. The van der Waals surface area contributed by atoms with Crippen LogP contribution in [0.3, 0.4) is 0 Å². The molecule has 2 aromatic heterocycles. The van der Waals surface area contributed by atoms with Crippen LogP contribution >= 0.6 is 11.3 Å². The number of nitrogens with zero attached hydrogens (tertiary/aromatic N) is 1. The first-order valence-corrected chi connectivity index (χ1v) is 9.47. The van der Waals surface area contributed by atoms with Gasteiger partial charge in [-0.1, -0.05) is 23.5 Å². The molecular formula is C19H16N6O3S. The first-order chi connectivity index (χ1) is 14.0. The minimum atomic E-state index is -0.370.